The Morgan fingerprint density at radius 1 is 1.18 bits per heavy atom. The van der Waals surface area contributed by atoms with Crippen LogP contribution in [0.1, 0.15) is 38.5 Å². The summed E-state index contributed by atoms with van der Waals surface area (Å²) in [4.78, 5) is 14.4. The van der Waals surface area contributed by atoms with E-state index in [1.807, 2.05) is 0 Å². The average Bonchev–Trinajstić information content (AvgIpc) is 2.51. The maximum Gasteiger partial charge on any atom is 0.238 e. The first kappa shape index (κ1) is 15.4. The predicted molar refractivity (Wildman–Crippen MR) is 81.5 cm³/mol. The molecule has 1 heterocycles. The Labute approximate surface area is 129 Å². The molecule has 2 unspecified atom stereocenters. The molecular formula is C17H22F2N2O. The van der Waals surface area contributed by atoms with Crippen molar-refractivity contribution in [1.29, 1.82) is 0 Å². The molecule has 120 valence electrons. The number of piperidine rings is 1. The molecule has 1 aromatic rings. The van der Waals surface area contributed by atoms with Gasteiger partial charge in [0, 0.05) is 12.1 Å². The van der Waals surface area contributed by atoms with Gasteiger partial charge in [0.25, 0.3) is 0 Å². The molecule has 22 heavy (non-hydrogen) atoms. The number of carbonyl (C=O) groups is 1. The van der Waals surface area contributed by atoms with Gasteiger partial charge in [-0.05, 0) is 50.3 Å². The summed E-state index contributed by atoms with van der Waals surface area (Å²) in [5, 5.41) is 2.50. The average molecular weight is 308 g/mol. The van der Waals surface area contributed by atoms with Crippen molar-refractivity contribution in [2.45, 2.75) is 44.6 Å². The number of benzene rings is 1. The van der Waals surface area contributed by atoms with Crippen LogP contribution in [0.2, 0.25) is 0 Å². The van der Waals surface area contributed by atoms with Gasteiger partial charge in [0.15, 0.2) is 0 Å². The Kier molecular flexibility index (Phi) is 4.71. The Balaban J connectivity index is 1.62. The zero-order valence-electron chi connectivity index (χ0n) is 12.7. The fourth-order valence-corrected chi connectivity index (χ4v) is 3.89. The molecule has 1 aliphatic heterocycles. The molecular weight excluding hydrogens is 286 g/mol. The van der Waals surface area contributed by atoms with E-state index in [9.17, 15) is 13.6 Å². The van der Waals surface area contributed by atoms with Gasteiger partial charge in [-0.15, -0.1) is 0 Å². The van der Waals surface area contributed by atoms with Crippen molar-refractivity contribution in [3.05, 3.63) is 29.8 Å². The number of fused-ring (bicyclic) bond motifs is 1. The van der Waals surface area contributed by atoms with E-state index in [-0.39, 0.29) is 18.1 Å². The molecule has 0 radical (unpaired) electrons. The summed E-state index contributed by atoms with van der Waals surface area (Å²) >= 11 is 0. The molecule has 5 heteroatoms. The second kappa shape index (κ2) is 6.73. The number of likely N-dealkylation sites (tertiary alicyclic amines) is 1. The molecule has 2 fully saturated rings. The van der Waals surface area contributed by atoms with Gasteiger partial charge in [-0.1, -0.05) is 12.8 Å². The van der Waals surface area contributed by atoms with E-state index in [1.54, 1.807) is 0 Å². The topological polar surface area (TPSA) is 32.3 Å². The molecule has 3 rings (SSSR count). The predicted octanol–water partition coefficient (Wildman–Crippen LogP) is 3.56. The van der Waals surface area contributed by atoms with Crippen molar-refractivity contribution in [1.82, 2.24) is 4.90 Å². The first-order valence-electron chi connectivity index (χ1n) is 8.12. The van der Waals surface area contributed by atoms with E-state index in [0.717, 1.165) is 37.6 Å². The fraction of sp³-hybridized carbons (Fsp3) is 0.588. The summed E-state index contributed by atoms with van der Waals surface area (Å²) in [6.45, 7) is 1.18. The van der Waals surface area contributed by atoms with Crippen LogP contribution in [0.3, 0.4) is 0 Å². The van der Waals surface area contributed by atoms with E-state index >= 15 is 0 Å². The quantitative estimate of drug-likeness (QED) is 0.926. The van der Waals surface area contributed by atoms with Crippen molar-refractivity contribution in [2.75, 3.05) is 18.4 Å². The van der Waals surface area contributed by atoms with Crippen molar-refractivity contribution < 1.29 is 13.6 Å². The number of halogens is 2. The zero-order valence-corrected chi connectivity index (χ0v) is 12.7. The monoisotopic (exact) mass is 308 g/mol. The maximum atomic E-state index is 13.6. The summed E-state index contributed by atoms with van der Waals surface area (Å²) in [6, 6.07) is 3.57. The number of hydrogen-bond donors (Lipinski definition) is 1. The van der Waals surface area contributed by atoms with E-state index in [4.69, 9.17) is 0 Å². The normalized spacial score (nSPS) is 25.5. The van der Waals surface area contributed by atoms with Crippen LogP contribution in [0.5, 0.6) is 0 Å². The van der Waals surface area contributed by atoms with E-state index in [2.05, 4.69) is 10.2 Å². The van der Waals surface area contributed by atoms with Gasteiger partial charge in [-0.25, -0.2) is 8.78 Å². The summed E-state index contributed by atoms with van der Waals surface area (Å²) in [6.07, 6.45) is 7.27. The summed E-state index contributed by atoms with van der Waals surface area (Å²) in [7, 11) is 0. The van der Waals surface area contributed by atoms with Crippen molar-refractivity contribution >= 4 is 11.6 Å². The van der Waals surface area contributed by atoms with Gasteiger partial charge in [-0.3, -0.25) is 9.69 Å². The van der Waals surface area contributed by atoms with Crippen LogP contribution in [-0.2, 0) is 4.79 Å². The molecule has 1 aliphatic carbocycles. The number of hydrogen-bond acceptors (Lipinski definition) is 2. The lowest BCUT2D eigenvalue weighted by molar-refractivity contribution is -0.119. The minimum Gasteiger partial charge on any atom is -0.322 e. The van der Waals surface area contributed by atoms with Crippen LogP contribution in [0.4, 0.5) is 14.5 Å². The Morgan fingerprint density at radius 2 is 1.95 bits per heavy atom. The number of rotatable bonds is 3. The van der Waals surface area contributed by atoms with Crippen molar-refractivity contribution in [3.63, 3.8) is 0 Å². The Hall–Kier alpha value is -1.49. The van der Waals surface area contributed by atoms with Crippen LogP contribution in [0.25, 0.3) is 0 Å². The molecule has 1 amide bonds. The maximum absolute atomic E-state index is 13.6. The highest BCUT2D eigenvalue weighted by atomic mass is 19.1. The Bertz CT molecular complexity index is 547. The third-order valence-electron chi connectivity index (χ3n) is 4.91. The number of carbonyl (C=O) groups excluding carboxylic acids is 1. The first-order valence-corrected chi connectivity index (χ1v) is 8.12. The van der Waals surface area contributed by atoms with Gasteiger partial charge in [0.1, 0.15) is 11.6 Å². The highest BCUT2D eigenvalue weighted by Crippen LogP contribution is 2.35. The van der Waals surface area contributed by atoms with E-state index in [0.29, 0.717) is 12.0 Å². The lowest BCUT2D eigenvalue weighted by Gasteiger charge is -2.43. The highest BCUT2D eigenvalue weighted by Gasteiger charge is 2.33. The van der Waals surface area contributed by atoms with Crippen LogP contribution in [0, 0.1) is 17.6 Å². The summed E-state index contributed by atoms with van der Waals surface area (Å²) < 4.78 is 26.7. The SMILES string of the molecule is O=C(CN1CCCC2CCCCC21)Nc1cc(F)ccc1F. The number of anilines is 1. The third kappa shape index (κ3) is 3.46. The summed E-state index contributed by atoms with van der Waals surface area (Å²) in [5.74, 6) is -0.733. The second-order valence-corrected chi connectivity index (χ2v) is 6.40. The lowest BCUT2D eigenvalue weighted by atomic mass is 9.78. The summed E-state index contributed by atoms with van der Waals surface area (Å²) in [5.41, 5.74) is -0.0813. The van der Waals surface area contributed by atoms with Crippen molar-refractivity contribution in [3.8, 4) is 0 Å². The number of nitrogens with one attached hydrogen (secondary N) is 1. The molecule has 1 saturated carbocycles. The first-order chi connectivity index (χ1) is 10.6. The molecule has 1 saturated heterocycles. The fourth-order valence-electron chi connectivity index (χ4n) is 3.89. The van der Waals surface area contributed by atoms with Gasteiger partial charge in [0.2, 0.25) is 5.91 Å². The molecule has 2 atom stereocenters. The molecule has 2 aliphatic rings. The van der Waals surface area contributed by atoms with Crippen molar-refractivity contribution in [2.24, 2.45) is 5.92 Å². The molecule has 1 aromatic carbocycles. The second-order valence-electron chi connectivity index (χ2n) is 6.40. The largest absolute Gasteiger partial charge is 0.322 e. The molecule has 1 N–H and O–H groups in total. The minimum atomic E-state index is -0.607. The smallest absolute Gasteiger partial charge is 0.238 e. The van der Waals surface area contributed by atoms with Gasteiger partial charge in [-0.2, -0.15) is 0 Å². The van der Waals surface area contributed by atoms with Gasteiger partial charge < -0.3 is 5.32 Å². The van der Waals surface area contributed by atoms with Crippen LogP contribution in [0.15, 0.2) is 18.2 Å². The molecule has 0 spiro atoms. The lowest BCUT2D eigenvalue weighted by Crippen LogP contribution is -2.49. The van der Waals surface area contributed by atoms with Gasteiger partial charge >= 0.3 is 0 Å². The number of nitrogens with zero attached hydrogens (tertiary/aromatic N) is 1. The number of amides is 1. The van der Waals surface area contributed by atoms with Crippen LogP contribution < -0.4 is 5.32 Å². The molecule has 0 bridgehead atoms. The minimum absolute atomic E-state index is 0.0813. The highest BCUT2D eigenvalue weighted by molar-refractivity contribution is 5.92. The van der Waals surface area contributed by atoms with Gasteiger partial charge in [0.05, 0.1) is 12.2 Å². The third-order valence-corrected chi connectivity index (χ3v) is 4.91. The molecule has 0 aromatic heterocycles. The Morgan fingerprint density at radius 3 is 2.82 bits per heavy atom. The standard InChI is InChI=1S/C17H22F2N2O/c18-13-7-8-14(19)15(10-13)20-17(22)11-21-9-3-5-12-4-1-2-6-16(12)21/h7-8,10,12,16H,1-6,9,11H2,(H,20,22). The van der Waals surface area contributed by atoms with E-state index < -0.39 is 11.6 Å². The molecule has 3 nitrogen and oxygen atoms in total. The van der Waals surface area contributed by atoms with Crippen LogP contribution >= 0.6 is 0 Å². The van der Waals surface area contributed by atoms with Crippen LogP contribution in [-0.4, -0.2) is 29.9 Å². The van der Waals surface area contributed by atoms with E-state index in [1.165, 1.54) is 25.7 Å². The zero-order chi connectivity index (χ0) is 15.5.